The fraction of sp³-hybridized carbons (Fsp3) is 0.227. The summed E-state index contributed by atoms with van der Waals surface area (Å²) in [5, 5.41) is 2.85. The van der Waals surface area contributed by atoms with Gasteiger partial charge in [0.2, 0.25) is 11.8 Å². The van der Waals surface area contributed by atoms with Crippen LogP contribution in [-0.2, 0) is 24.8 Å². The lowest BCUT2D eigenvalue weighted by Gasteiger charge is -2.05. The first kappa shape index (κ1) is 18.7. The summed E-state index contributed by atoms with van der Waals surface area (Å²) >= 11 is 0. The first-order valence-corrected chi connectivity index (χ1v) is 9.45. The Morgan fingerprint density at radius 1 is 1.10 bits per heavy atom. The van der Waals surface area contributed by atoms with E-state index in [0.717, 1.165) is 22.3 Å². The number of hydrogen-bond acceptors (Lipinski definition) is 4. The molecule has 0 radical (unpaired) electrons. The number of nitrogens with zero attached hydrogens (tertiary/aromatic N) is 3. The summed E-state index contributed by atoms with van der Waals surface area (Å²) in [6, 6.07) is 15.4. The zero-order chi connectivity index (χ0) is 20.4. The zero-order valence-electron chi connectivity index (χ0n) is 16.4. The first-order chi connectivity index (χ1) is 14.0. The molecule has 0 aliphatic rings. The Kier molecular flexibility index (Phi) is 5.03. The predicted octanol–water partition coefficient (Wildman–Crippen LogP) is 2.66. The second-order valence-electron chi connectivity index (χ2n) is 7.03. The van der Waals surface area contributed by atoms with E-state index in [1.54, 1.807) is 17.9 Å². The Morgan fingerprint density at radius 3 is 2.59 bits per heavy atom. The molecule has 7 nitrogen and oxygen atoms in total. The number of hydrogen-bond donors (Lipinski definition) is 1. The van der Waals surface area contributed by atoms with Crippen molar-refractivity contribution in [1.82, 2.24) is 19.4 Å². The predicted molar refractivity (Wildman–Crippen MR) is 111 cm³/mol. The van der Waals surface area contributed by atoms with Crippen molar-refractivity contribution >= 4 is 16.9 Å². The van der Waals surface area contributed by atoms with Crippen LogP contribution in [0.2, 0.25) is 0 Å². The normalized spacial score (nSPS) is 11.1. The van der Waals surface area contributed by atoms with E-state index in [1.807, 2.05) is 55.5 Å². The van der Waals surface area contributed by atoms with Gasteiger partial charge in [-0.3, -0.25) is 13.9 Å². The number of nitrogens with one attached hydrogen (secondary N) is 1. The highest BCUT2D eigenvalue weighted by Crippen LogP contribution is 2.19. The second kappa shape index (κ2) is 7.79. The highest BCUT2D eigenvalue weighted by molar-refractivity contribution is 5.80. The van der Waals surface area contributed by atoms with Gasteiger partial charge in [-0.05, 0) is 31.2 Å². The van der Waals surface area contributed by atoms with Crippen LogP contribution < -0.4 is 11.0 Å². The van der Waals surface area contributed by atoms with E-state index in [9.17, 15) is 9.59 Å². The topological polar surface area (TPSA) is 82.1 Å². The number of rotatable bonds is 6. The average molecular weight is 390 g/mol. The highest BCUT2D eigenvalue weighted by Gasteiger charge is 2.13. The van der Waals surface area contributed by atoms with Gasteiger partial charge >= 0.3 is 5.69 Å². The smallest absolute Gasteiger partial charge is 0.329 e. The fourth-order valence-corrected chi connectivity index (χ4v) is 3.30. The van der Waals surface area contributed by atoms with Gasteiger partial charge in [0.1, 0.15) is 12.8 Å². The lowest BCUT2D eigenvalue weighted by molar-refractivity contribution is -0.121. The van der Waals surface area contributed by atoms with E-state index >= 15 is 0 Å². The third-order valence-corrected chi connectivity index (χ3v) is 4.91. The van der Waals surface area contributed by atoms with Crippen LogP contribution in [-0.4, -0.2) is 26.6 Å². The van der Waals surface area contributed by atoms with Crippen molar-refractivity contribution in [1.29, 1.82) is 0 Å². The molecule has 0 spiro atoms. The number of imidazole rings is 1. The maximum Gasteiger partial charge on any atom is 0.329 e. The van der Waals surface area contributed by atoms with Gasteiger partial charge in [0, 0.05) is 25.6 Å². The second-order valence-corrected chi connectivity index (χ2v) is 7.03. The van der Waals surface area contributed by atoms with Crippen molar-refractivity contribution in [3.63, 3.8) is 0 Å². The molecule has 0 fully saturated rings. The molecule has 4 aromatic rings. The summed E-state index contributed by atoms with van der Waals surface area (Å²) in [6.45, 7) is 2.42. The summed E-state index contributed by atoms with van der Waals surface area (Å²) in [5.41, 5.74) is 4.20. The van der Waals surface area contributed by atoms with Gasteiger partial charge in [-0.25, -0.2) is 9.78 Å². The molecular weight excluding hydrogens is 368 g/mol. The van der Waals surface area contributed by atoms with Crippen LogP contribution in [0.4, 0.5) is 0 Å². The lowest BCUT2D eigenvalue weighted by atomic mass is 10.1. The van der Waals surface area contributed by atoms with E-state index in [2.05, 4.69) is 10.3 Å². The van der Waals surface area contributed by atoms with Crippen molar-refractivity contribution in [3.05, 3.63) is 76.5 Å². The van der Waals surface area contributed by atoms with Gasteiger partial charge in [0.15, 0.2) is 0 Å². The SMILES string of the molecule is Cc1ccc(-c2nc(CCNC(=O)Cn3c(=O)n(C)c4ccccc43)co2)cc1. The standard InChI is InChI=1S/C22H22N4O3/c1-15-7-9-16(10-8-15)21-24-17(14-29-21)11-12-23-20(27)13-26-19-6-4-3-5-18(19)25(2)22(26)28/h3-10,14H,11-13H2,1-2H3,(H,23,27). The van der Waals surface area contributed by atoms with Crippen molar-refractivity contribution in [2.24, 2.45) is 7.05 Å². The van der Waals surface area contributed by atoms with Crippen LogP contribution in [0.25, 0.3) is 22.5 Å². The molecule has 0 saturated heterocycles. The molecule has 0 bridgehead atoms. The molecule has 1 N–H and O–H groups in total. The van der Waals surface area contributed by atoms with Crippen LogP contribution in [0.1, 0.15) is 11.3 Å². The average Bonchev–Trinajstić information content (AvgIpc) is 3.28. The van der Waals surface area contributed by atoms with E-state index in [-0.39, 0.29) is 18.1 Å². The molecule has 1 amide bonds. The van der Waals surface area contributed by atoms with E-state index in [1.165, 1.54) is 10.1 Å². The van der Waals surface area contributed by atoms with Gasteiger partial charge in [-0.15, -0.1) is 0 Å². The Hall–Kier alpha value is -3.61. The van der Waals surface area contributed by atoms with Gasteiger partial charge < -0.3 is 9.73 Å². The molecule has 0 aliphatic carbocycles. The first-order valence-electron chi connectivity index (χ1n) is 9.45. The van der Waals surface area contributed by atoms with Crippen molar-refractivity contribution in [3.8, 4) is 11.5 Å². The van der Waals surface area contributed by atoms with Crippen LogP contribution in [0.5, 0.6) is 0 Å². The summed E-state index contributed by atoms with van der Waals surface area (Å²) in [6.07, 6.45) is 2.15. The van der Waals surface area contributed by atoms with Crippen LogP contribution in [0, 0.1) is 6.92 Å². The number of carbonyl (C=O) groups is 1. The van der Waals surface area contributed by atoms with E-state index < -0.39 is 0 Å². The molecule has 2 heterocycles. The molecule has 0 atom stereocenters. The largest absolute Gasteiger partial charge is 0.444 e. The highest BCUT2D eigenvalue weighted by atomic mass is 16.3. The fourth-order valence-electron chi connectivity index (χ4n) is 3.30. The maximum atomic E-state index is 12.4. The quantitative estimate of drug-likeness (QED) is 0.549. The Morgan fingerprint density at radius 2 is 1.83 bits per heavy atom. The monoisotopic (exact) mass is 390 g/mol. The summed E-state index contributed by atoms with van der Waals surface area (Å²) in [4.78, 5) is 29.2. The van der Waals surface area contributed by atoms with E-state index in [4.69, 9.17) is 4.42 Å². The maximum absolute atomic E-state index is 12.4. The molecule has 7 heteroatoms. The number of aromatic nitrogens is 3. The van der Waals surface area contributed by atoms with Crippen LogP contribution in [0.15, 0.2) is 64.0 Å². The number of benzene rings is 2. The third-order valence-electron chi connectivity index (χ3n) is 4.91. The summed E-state index contributed by atoms with van der Waals surface area (Å²) in [5.74, 6) is 0.347. The Labute approximate surface area is 167 Å². The molecule has 2 aromatic carbocycles. The van der Waals surface area contributed by atoms with Crippen LogP contribution >= 0.6 is 0 Å². The number of oxazole rings is 1. The van der Waals surface area contributed by atoms with Gasteiger partial charge in [-0.1, -0.05) is 29.8 Å². The Bertz CT molecular complexity index is 1220. The number of carbonyl (C=O) groups excluding carboxylic acids is 1. The molecule has 0 saturated carbocycles. The number of fused-ring (bicyclic) bond motifs is 1. The molecule has 4 rings (SSSR count). The van der Waals surface area contributed by atoms with Gasteiger partial charge in [0.25, 0.3) is 0 Å². The minimum atomic E-state index is -0.217. The summed E-state index contributed by atoms with van der Waals surface area (Å²) < 4.78 is 8.57. The molecule has 2 aromatic heterocycles. The molecule has 0 unspecified atom stereocenters. The zero-order valence-corrected chi connectivity index (χ0v) is 16.4. The van der Waals surface area contributed by atoms with Crippen molar-refractivity contribution < 1.29 is 9.21 Å². The van der Waals surface area contributed by atoms with Gasteiger partial charge in [0.05, 0.1) is 16.7 Å². The molecule has 29 heavy (non-hydrogen) atoms. The number of para-hydroxylation sites is 2. The Balaban J connectivity index is 1.36. The molecule has 0 aliphatic heterocycles. The van der Waals surface area contributed by atoms with Crippen LogP contribution in [0.3, 0.4) is 0 Å². The number of aryl methyl sites for hydroxylation is 2. The van der Waals surface area contributed by atoms with E-state index in [0.29, 0.717) is 18.9 Å². The molecular formula is C22H22N4O3. The summed E-state index contributed by atoms with van der Waals surface area (Å²) in [7, 11) is 1.70. The van der Waals surface area contributed by atoms with Crippen molar-refractivity contribution in [2.45, 2.75) is 19.9 Å². The number of amides is 1. The van der Waals surface area contributed by atoms with Gasteiger partial charge in [-0.2, -0.15) is 0 Å². The minimum absolute atomic E-state index is 0.0202. The third kappa shape index (κ3) is 3.85. The minimum Gasteiger partial charge on any atom is -0.444 e. The lowest BCUT2D eigenvalue weighted by Crippen LogP contribution is -2.33. The molecule has 148 valence electrons. The van der Waals surface area contributed by atoms with Crippen molar-refractivity contribution in [2.75, 3.05) is 6.54 Å².